The summed E-state index contributed by atoms with van der Waals surface area (Å²) in [6.07, 6.45) is 1.58. The van der Waals surface area contributed by atoms with Crippen LogP contribution in [-0.2, 0) is 16.6 Å². The second kappa shape index (κ2) is 5.63. The molecule has 4 rings (SSSR count). The number of nitrogens with one attached hydrogen (secondary N) is 1. The minimum absolute atomic E-state index is 0.139. The SMILES string of the molecule is Cc1cccc(NS(=O)(=O)c2ccc3c(c2)-c2oncc2CO3)c1C. The highest BCUT2D eigenvalue weighted by Gasteiger charge is 2.25. The van der Waals surface area contributed by atoms with Gasteiger partial charge in [-0.25, -0.2) is 8.42 Å². The van der Waals surface area contributed by atoms with Crippen LogP contribution in [0, 0.1) is 13.8 Å². The minimum Gasteiger partial charge on any atom is -0.488 e. The van der Waals surface area contributed by atoms with Gasteiger partial charge >= 0.3 is 0 Å². The Balaban J connectivity index is 1.75. The zero-order valence-corrected chi connectivity index (χ0v) is 14.6. The standard InChI is InChI=1S/C18H16N2O4S/c1-11-4-3-5-16(12(11)2)20-25(21,22)14-6-7-17-15(8-14)18-13(10-23-17)9-19-24-18/h3-9,20H,10H2,1-2H3. The van der Waals surface area contributed by atoms with Crippen LogP contribution in [0.25, 0.3) is 11.3 Å². The molecule has 0 saturated carbocycles. The van der Waals surface area contributed by atoms with E-state index in [1.165, 1.54) is 6.07 Å². The number of ether oxygens (including phenoxy) is 1. The molecule has 128 valence electrons. The van der Waals surface area contributed by atoms with Crippen LogP contribution in [0.4, 0.5) is 5.69 Å². The third kappa shape index (κ3) is 2.66. The number of hydrogen-bond acceptors (Lipinski definition) is 5. The fourth-order valence-corrected chi connectivity index (χ4v) is 3.93. The molecule has 0 atom stereocenters. The van der Waals surface area contributed by atoms with Crippen molar-refractivity contribution >= 4 is 15.7 Å². The molecule has 1 aliphatic heterocycles. The number of hydrogen-bond donors (Lipinski definition) is 1. The molecule has 0 fully saturated rings. The summed E-state index contributed by atoms with van der Waals surface area (Å²) in [4.78, 5) is 0.139. The quantitative estimate of drug-likeness (QED) is 0.775. The van der Waals surface area contributed by atoms with Gasteiger partial charge in [-0.1, -0.05) is 17.3 Å². The molecule has 2 aromatic carbocycles. The van der Waals surface area contributed by atoms with Crippen molar-refractivity contribution in [3.63, 3.8) is 0 Å². The van der Waals surface area contributed by atoms with Crippen molar-refractivity contribution in [2.24, 2.45) is 0 Å². The Bertz CT molecular complexity index is 1070. The Kier molecular flexibility index (Phi) is 3.54. The Morgan fingerprint density at radius 3 is 2.84 bits per heavy atom. The van der Waals surface area contributed by atoms with E-state index in [2.05, 4.69) is 9.88 Å². The second-order valence-corrected chi connectivity index (χ2v) is 7.66. The number of aryl methyl sites for hydroxylation is 1. The number of rotatable bonds is 3. The predicted octanol–water partition coefficient (Wildman–Crippen LogP) is 3.65. The second-order valence-electron chi connectivity index (χ2n) is 5.98. The Hall–Kier alpha value is -2.80. The topological polar surface area (TPSA) is 81.4 Å². The van der Waals surface area contributed by atoms with Crippen molar-refractivity contribution in [2.45, 2.75) is 25.3 Å². The van der Waals surface area contributed by atoms with E-state index in [1.54, 1.807) is 24.4 Å². The molecule has 2 heterocycles. The van der Waals surface area contributed by atoms with Gasteiger partial charge in [0.1, 0.15) is 12.4 Å². The first-order chi connectivity index (χ1) is 12.0. The highest BCUT2D eigenvalue weighted by molar-refractivity contribution is 7.92. The third-order valence-corrected chi connectivity index (χ3v) is 5.75. The molecule has 1 N–H and O–H groups in total. The van der Waals surface area contributed by atoms with Gasteiger partial charge in [0.2, 0.25) is 0 Å². The van der Waals surface area contributed by atoms with E-state index in [0.29, 0.717) is 29.4 Å². The molecule has 6 nitrogen and oxygen atoms in total. The van der Waals surface area contributed by atoms with Crippen LogP contribution < -0.4 is 9.46 Å². The van der Waals surface area contributed by atoms with Crippen LogP contribution in [0.15, 0.2) is 52.0 Å². The fraction of sp³-hybridized carbons (Fsp3) is 0.167. The van der Waals surface area contributed by atoms with Gasteiger partial charge in [0.25, 0.3) is 10.0 Å². The van der Waals surface area contributed by atoms with Crippen LogP contribution in [0.5, 0.6) is 5.75 Å². The monoisotopic (exact) mass is 356 g/mol. The maximum atomic E-state index is 12.8. The molecular formula is C18H16N2O4S. The normalized spacial score (nSPS) is 12.9. The van der Waals surface area contributed by atoms with Gasteiger partial charge in [-0.05, 0) is 49.2 Å². The fourth-order valence-electron chi connectivity index (χ4n) is 2.79. The van der Waals surface area contributed by atoms with E-state index in [-0.39, 0.29) is 4.90 Å². The van der Waals surface area contributed by atoms with Crippen molar-refractivity contribution in [2.75, 3.05) is 4.72 Å². The Morgan fingerprint density at radius 2 is 2.00 bits per heavy atom. The van der Waals surface area contributed by atoms with E-state index in [0.717, 1.165) is 16.7 Å². The van der Waals surface area contributed by atoms with Crippen LogP contribution >= 0.6 is 0 Å². The molecule has 1 aliphatic rings. The molecule has 25 heavy (non-hydrogen) atoms. The van der Waals surface area contributed by atoms with Crippen LogP contribution in [0.3, 0.4) is 0 Å². The summed E-state index contributed by atoms with van der Waals surface area (Å²) < 4.78 is 39.1. The highest BCUT2D eigenvalue weighted by atomic mass is 32.2. The molecule has 0 aliphatic carbocycles. The van der Waals surface area contributed by atoms with E-state index in [9.17, 15) is 8.42 Å². The van der Waals surface area contributed by atoms with Crippen molar-refractivity contribution in [1.29, 1.82) is 0 Å². The van der Waals surface area contributed by atoms with Gasteiger partial charge in [-0.2, -0.15) is 0 Å². The largest absolute Gasteiger partial charge is 0.488 e. The van der Waals surface area contributed by atoms with Gasteiger partial charge in [0, 0.05) is 0 Å². The lowest BCUT2D eigenvalue weighted by Crippen LogP contribution is -2.14. The van der Waals surface area contributed by atoms with Crippen molar-refractivity contribution in [3.05, 3.63) is 59.3 Å². The lowest BCUT2D eigenvalue weighted by molar-refractivity contribution is 0.297. The van der Waals surface area contributed by atoms with Crippen molar-refractivity contribution < 1.29 is 17.7 Å². The van der Waals surface area contributed by atoms with Crippen LogP contribution in [0.1, 0.15) is 16.7 Å². The number of aromatic nitrogens is 1. The predicted molar refractivity (Wildman–Crippen MR) is 93.0 cm³/mol. The third-order valence-electron chi connectivity index (χ3n) is 4.38. The molecule has 0 amide bonds. The van der Waals surface area contributed by atoms with Crippen LogP contribution in [0.2, 0.25) is 0 Å². The van der Waals surface area contributed by atoms with E-state index in [4.69, 9.17) is 9.26 Å². The van der Waals surface area contributed by atoms with Crippen molar-refractivity contribution in [1.82, 2.24) is 5.16 Å². The summed E-state index contributed by atoms with van der Waals surface area (Å²) in [5.41, 5.74) is 3.86. The van der Waals surface area contributed by atoms with Gasteiger partial charge in [-0.3, -0.25) is 4.72 Å². The first-order valence-corrected chi connectivity index (χ1v) is 9.24. The number of fused-ring (bicyclic) bond motifs is 3. The number of benzene rings is 2. The smallest absolute Gasteiger partial charge is 0.261 e. The summed E-state index contributed by atoms with van der Waals surface area (Å²) in [6.45, 7) is 4.18. The maximum absolute atomic E-state index is 12.8. The summed E-state index contributed by atoms with van der Waals surface area (Å²) in [5, 5.41) is 3.76. The molecule has 0 saturated heterocycles. The summed E-state index contributed by atoms with van der Waals surface area (Å²) in [7, 11) is -3.74. The van der Waals surface area contributed by atoms with Gasteiger partial charge in [0.15, 0.2) is 5.76 Å². The first-order valence-electron chi connectivity index (χ1n) is 7.75. The average molecular weight is 356 g/mol. The Labute approximate surface area is 145 Å². The molecule has 3 aromatic rings. The molecule has 1 aromatic heterocycles. The summed E-state index contributed by atoms with van der Waals surface area (Å²) in [5.74, 6) is 1.12. The van der Waals surface area contributed by atoms with E-state index < -0.39 is 10.0 Å². The lowest BCUT2D eigenvalue weighted by atomic mass is 10.1. The van der Waals surface area contributed by atoms with Gasteiger partial charge in [0.05, 0.1) is 27.9 Å². The number of anilines is 1. The van der Waals surface area contributed by atoms with Gasteiger partial charge < -0.3 is 9.26 Å². The van der Waals surface area contributed by atoms with Crippen LogP contribution in [-0.4, -0.2) is 13.6 Å². The lowest BCUT2D eigenvalue weighted by Gasteiger charge is -2.17. The number of nitrogens with zero attached hydrogens (tertiary/aromatic N) is 1. The van der Waals surface area contributed by atoms with E-state index in [1.807, 2.05) is 26.0 Å². The maximum Gasteiger partial charge on any atom is 0.261 e. The molecule has 0 unspecified atom stereocenters. The molecule has 0 bridgehead atoms. The molecular weight excluding hydrogens is 340 g/mol. The average Bonchev–Trinajstić information content (AvgIpc) is 3.07. The van der Waals surface area contributed by atoms with E-state index >= 15 is 0 Å². The minimum atomic E-state index is -3.74. The summed E-state index contributed by atoms with van der Waals surface area (Å²) >= 11 is 0. The number of sulfonamides is 1. The van der Waals surface area contributed by atoms with Crippen molar-refractivity contribution in [3.8, 4) is 17.1 Å². The molecule has 0 spiro atoms. The Morgan fingerprint density at radius 1 is 1.16 bits per heavy atom. The zero-order valence-electron chi connectivity index (χ0n) is 13.7. The summed E-state index contributed by atoms with van der Waals surface area (Å²) in [6, 6.07) is 10.2. The highest BCUT2D eigenvalue weighted by Crippen LogP contribution is 2.39. The molecule has 7 heteroatoms. The zero-order chi connectivity index (χ0) is 17.6. The van der Waals surface area contributed by atoms with Gasteiger partial charge in [-0.15, -0.1) is 0 Å². The molecule has 0 radical (unpaired) electrons. The first kappa shape index (κ1) is 15.7.